The molecule has 0 spiro atoms. The van der Waals surface area contributed by atoms with Gasteiger partial charge in [0.2, 0.25) is 0 Å². The molecule has 0 saturated carbocycles. The van der Waals surface area contributed by atoms with Crippen LogP contribution in [0.2, 0.25) is 0 Å². The minimum Gasteiger partial charge on any atom is -0.493 e. The summed E-state index contributed by atoms with van der Waals surface area (Å²) in [4.78, 5) is 14.6. The van der Waals surface area contributed by atoms with Gasteiger partial charge in [-0.25, -0.2) is 0 Å². The van der Waals surface area contributed by atoms with Crippen molar-refractivity contribution in [3.63, 3.8) is 0 Å². The molecule has 2 aromatic carbocycles. The Morgan fingerprint density at radius 1 is 1.04 bits per heavy atom. The minimum atomic E-state index is -0.135. The van der Waals surface area contributed by atoms with Gasteiger partial charge in [0.25, 0.3) is 5.91 Å². The Balaban J connectivity index is 1.94. The fraction of sp³-hybridized carbons (Fsp3) is 0.435. The van der Waals surface area contributed by atoms with Crippen LogP contribution in [0.4, 0.5) is 0 Å². The van der Waals surface area contributed by atoms with E-state index in [4.69, 9.17) is 9.47 Å². The number of ether oxygens (including phenoxy) is 2. The van der Waals surface area contributed by atoms with Gasteiger partial charge in [0, 0.05) is 18.7 Å². The van der Waals surface area contributed by atoms with Gasteiger partial charge >= 0.3 is 0 Å². The Hall–Kier alpha value is -2.53. The lowest BCUT2D eigenvalue weighted by atomic mass is 10.1. The first-order chi connectivity index (χ1) is 13.4. The van der Waals surface area contributed by atoms with Gasteiger partial charge in [0.15, 0.2) is 11.5 Å². The van der Waals surface area contributed by atoms with Crippen molar-refractivity contribution < 1.29 is 14.3 Å². The molecule has 28 heavy (non-hydrogen) atoms. The van der Waals surface area contributed by atoms with E-state index in [-0.39, 0.29) is 5.91 Å². The lowest BCUT2D eigenvalue weighted by molar-refractivity contribution is 0.0950. The third kappa shape index (κ3) is 6.89. The molecule has 152 valence electrons. The maximum Gasteiger partial charge on any atom is 0.251 e. The Labute approximate surface area is 168 Å². The van der Waals surface area contributed by atoms with Crippen LogP contribution in [0.15, 0.2) is 42.5 Å². The summed E-state index contributed by atoms with van der Waals surface area (Å²) >= 11 is 0. The molecular weight excluding hydrogens is 352 g/mol. The molecule has 5 nitrogen and oxygen atoms in total. The molecule has 0 heterocycles. The Morgan fingerprint density at radius 2 is 1.71 bits per heavy atom. The summed E-state index contributed by atoms with van der Waals surface area (Å²) in [5.41, 5.74) is 2.87. The summed E-state index contributed by atoms with van der Waals surface area (Å²) in [6.45, 7) is 6.32. The van der Waals surface area contributed by atoms with Gasteiger partial charge in [-0.2, -0.15) is 0 Å². The Kier molecular flexibility index (Phi) is 8.33. The number of carbonyl (C=O) groups excluding carboxylic acids is 1. The highest BCUT2D eigenvalue weighted by molar-refractivity contribution is 5.94. The van der Waals surface area contributed by atoms with E-state index in [0.717, 1.165) is 18.5 Å². The van der Waals surface area contributed by atoms with Crippen LogP contribution in [-0.4, -0.2) is 38.6 Å². The fourth-order valence-electron chi connectivity index (χ4n) is 2.74. The smallest absolute Gasteiger partial charge is 0.251 e. The number of benzene rings is 2. The molecule has 0 saturated heterocycles. The van der Waals surface area contributed by atoms with E-state index in [1.807, 2.05) is 26.2 Å². The number of nitrogens with zero attached hydrogens (tertiary/aromatic N) is 1. The van der Waals surface area contributed by atoms with Crippen LogP contribution in [0, 0.1) is 5.92 Å². The second-order valence-corrected chi connectivity index (χ2v) is 7.63. The highest BCUT2D eigenvalue weighted by Crippen LogP contribution is 2.28. The van der Waals surface area contributed by atoms with E-state index < -0.39 is 0 Å². The summed E-state index contributed by atoms with van der Waals surface area (Å²) in [6, 6.07) is 13.6. The van der Waals surface area contributed by atoms with E-state index in [1.165, 1.54) is 5.56 Å². The number of hydrogen-bond donors (Lipinski definition) is 1. The first kappa shape index (κ1) is 21.8. The molecule has 5 heteroatoms. The molecule has 0 radical (unpaired) electrons. The third-order valence-corrected chi connectivity index (χ3v) is 4.35. The number of hydrogen-bond acceptors (Lipinski definition) is 4. The van der Waals surface area contributed by atoms with Gasteiger partial charge in [-0.3, -0.25) is 4.79 Å². The number of methoxy groups -OCH3 is 1. The van der Waals surface area contributed by atoms with Crippen LogP contribution in [0.1, 0.15) is 41.8 Å². The quantitative estimate of drug-likeness (QED) is 0.670. The zero-order chi connectivity index (χ0) is 20.5. The van der Waals surface area contributed by atoms with Crippen LogP contribution in [0.25, 0.3) is 0 Å². The molecule has 1 N–H and O–H groups in total. The van der Waals surface area contributed by atoms with Gasteiger partial charge in [0.05, 0.1) is 13.7 Å². The number of nitrogens with one attached hydrogen (secondary N) is 1. The largest absolute Gasteiger partial charge is 0.493 e. The highest BCUT2D eigenvalue weighted by atomic mass is 16.5. The van der Waals surface area contributed by atoms with Crippen molar-refractivity contribution in [3.05, 3.63) is 59.2 Å². The van der Waals surface area contributed by atoms with Crippen LogP contribution in [0.3, 0.4) is 0 Å². The molecule has 0 aromatic heterocycles. The first-order valence-electron chi connectivity index (χ1n) is 9.70. The van der Waals surface area contributed by atoms with Crippen molar-refractivity contribution in [2.45, 2.75) is 33.4 Å². The molecule has 0 fully saturated rings. The van der Waals surface area contributed by atoms with Crippen LogP contribution in [0.5, 0.6) is 11.5 Å². The number of carbonyl (C=O) groups is 1. The van der Waals surface area contributed by atoms with Crippen molar-refractivity contribution in [1.29, 1.82) is 0 Å². The molecule has 0 bridgehead atoms. The van der Waals surface area contributed by atoms with Crippen LogP contribution < -0.4 is 14.8 Å². The summed E-state index contributed by atoms with van der Waals surface area (Å²) in [5.74, 6) is 1.68. The first-order valence-corrected chi connectivity index (χ1v) is 9.70. The molecule has 0 aliphatic carbocycles. The normalized spacial score (nSPS) is 11.0. The van der Waals surface area contributed by atoms with Crippen LogP contribution in [-0.2, 0) is 13.1 Å². The van der Waals surface area contributed by atoms with Gasteiger partial charge in [-0.1, -0.05) is 38.1 Å². The molecule has 0 unspecified atom stereocenters. The fourth-order valence-corrected chi connectivity index (χ4v) is 2.74. The molecular formula is C23H32N2O3. The van der Waals surface area contributed by atoms with Crippen molar-refractivity contribution >= 4 is 5.91 Å². The maximum atomic E-state index is 12.5. The molecule has 2 aromatic rings. The van der Waals surface area contributed by atoms with Crippen molar-refractivity contribution in [2.75, 3.05) is 27.8 Å². The molecule has 1 amide bonds. The Bertz CT molecular complexity index is 755. The minimum absolute atomic E-state index is 0.135. The van der Waals surface area contributed by atoms with E-state index in [0.29, 0.717) is 36.1 Å². The van der Waals surface area contributed by atoms with E-state index >= 15 is 0 Å². The SMILES string of the molecule is COc1cc(C(=O)NCc2ccc(CN(C)C)cc2)ccc1OCCC(C)C. The predicted molar refractivity (Wildman–Crippen MR) is 113 cm³/mol. The average molecular weight is 385 g/mol. The second kappa shape index (κ2) is 10.7. The number of rotatable bonds is 10. The highest BCUT2D eigenvalue weighted by Gasteiger charge is 2.11. The van der Waals surface area contributed by atoms with Gasteiger partial charge in [-0.05, 0) is 55.8 Å². The molecule has 0 atom stereocenters. The average Bonchev–Trinajstić information content (AvgIpc) is 2.66. The molecule has 0 aliphatic rings. The van der Waals surface area contributed by atoms with Crippen molar-refractivity contribution in [2.24, 2.45) is 5.92 Å². The monoisotopic (exact) mass is 384 g/mol. The third-order valence-electron chi connectivity index (χ3n) is 4.35. The van der Waals surface area contributed by atoms with Gasteiger partial charge < -0.3 is 19.7 Å². The van der Waals surface area contributed by atoms with Crippen LogP contribution >= 0.6 is 0 Å². The number of amides is 1. The summed E-state index contributed by atoms with van der Waals surface area (Å²) in [5, 5.41) is 2.96. The maximum absolute atomic E-state index is 12.5. The Morgan fingerprint density at radius 3 is 2.32 bits per heavy atom. The van der Waals surface area contributed by atoms with Gasteiger partial charge in [-0.15, -0.1) is 0 Å². The standard InChI is InChI=1S/C23H32N2O3/c1-17(2)12-13-28-21-11-10-20(14-22(21)27-5)23(26)24-15-18-6-8-19(9-7-18)16-25(3)4/h6-11,14,17H,12-13,15-16H2,1-5H3,(H,24,26). The second-order valence-electron chi connectivity index (χ2n) is 7.63. The van der Waals surface area contributed by atoms with E-state index in [1.54, 1.807) is 25.3 Å². The summed E-state index contributed by atoms with van der Waals surface area (Å²) < 4.78 is 11.2. The summed E-state index contributed by atoms with van der Waals surface area (Å²) in [7, 11) is 5.67. The lowest BCUT2D eigenvalue weighted by Gasteiger charge is -2.13. The molecule has 0 aliphatic heterocycles. The zero-order valence-corrected chi connectivity index (χ0v) is 17.6. The van der Waals surface area contributed by atoms with E-state index in [2.05, 4.69) is 36.2 Å². The lowest BCUT2D eigenvalue weighted by Crippen LogP contribution is -2.22. The molecule has 2 rings (SSSR count). The topological polar surface area (TPSA) is 50.8 Å². The predicted octanol–water partition coefficient (Wildman–Crippen LogP) is 4.11. The van der Waals surface area contributed by atoms with E-state index in [9.17, 15) is 4.79 Å². The van der Waals surface area contributed by atoms with Gasteiger partial charge in [0.1, 0.15) is 0 Å². The summed E-state index contributed by atoms with van der Waals surface area (Å²) in [6.07, 6.45) is 0.971. The zero-order valence-electron chi connectivity index (χ0n) is 17.6. The van der Waals surface area contributed by atoms with Crippen molar-refractivity contribution in [1.82, 2.24) is 10.2 Å². The van der Waals surface area contributed by atoms with Crippen molar-refractivity contribution in [3.8, 4) is 11.5 Å².